The highest BCUT2D eigenvalue weighted by Gasteiger charge is 2.09. The normalized spacial score (nSPS) is 12.3. The molecule has 1 aromatic rings. The van der Waals surface area contributed by atoms with Crippen LogP contribution in [0.5, 0.6) is 0 Å². The molecule has 1 rings (SSSR count). The van der Waals surface area contributed by atoms with Crippen LogP contribution in [0.25, 0.3) is 0 Å². The molecule has 0 bridgehead atoms. The molecule has 0 amide bonds. The Morgan fingerprint density at radius 2 is 1.71 bits per heavy atom. The van der Waals surface area contributed by atoms with Gasteiger partial charge in [0, 0.05) is 0 Å². The summed E-state index contributed by atoms with van der Waals surface area (Å²) in [5, 5.41) is 0. The zero-order valence-corrected chi connectivity index (χ0v) is 9.13. The molecule has 2 nitrogen and oxygen atoms in total. The summed E-state index contributed by atoms with van der Waals surface area (Å²) in [5.41, 5.74) is 4.75. The molecule has 0 aliphatic rings. The number of aryl methyl sites for hydroxylation is 3. The van der Waals surface area contributed by atoms with Crippen molar-refractivity contribution >= 4 is 6.47 Å². The molecule has 0 aliphatic carbocycles. The number of benzene rings is 1. The first-order chi connectivity index (χ1) is 6.56. The summed E-state index contributed by atoms with van der Waals surface area (Å²) >= 11 is 0. The van der Waals surface area contributed by atoms with Gasteiger partial charge in [-0.3, -0.25) is 4.79 Å². The van der Waals surface area contributed by atoms with Gasteiger partial charge >= 0.3 is 0 Å². The van der Waals surface area contributed by atoms with Crippen molar-refractivity contribution in [2.75, 3.05) is 0 Å². The van der Waals surface area contributed by atoms with E-state index >= 15 is 0 Å². The van der Waals surface area contributed by atoms with Crippen molar-refractivity contribution in [1.29, 1.82) is 0 Å². The fourth-order valence-corrected chi connectivity index (χ4v) is 1.58. The molecular formula is C12H16O2. The smallest absolute Gasteiger partial charge is 0.293 e. The van der Waals surface area contributed by atoms with E-state index in [9.17, 15) is 4.79 Å². The first-order valence-electron chi connectivity index (χ1n) is 4.73. The first-order valence-corrected chi connectivity index (χ1v) is 4.73. The third kappa shape index (κ3) is 2.13. The van der Waals surface area contributed by atoms with Gasteiger partial charge in [-0.25, -0.2) is 0 Å². The van der Waals surface area contributed by atoms with Crippen LogP contribution in [0.15, 0.2) is 12.1 Å². The largest absolute Gasteiger partial charge is 0.460 e. The molecular weight excluding hydrogens is 176 g/mol. The van der Waals surface area contributed by atoms with Crippen LogP contribution < -0.4 is 0 Å². The van der Waals surface area contributed by atoms with E-state index in [1.807, 2.05) is 13.8 Å². The molecule has 2 heteroatoms. The molecule has 1 aromatic carbocycles. The first kappa shape index (κ1) is 10.8. The van der Waals surface area contributed by atoms with Gasteiger partial charge in [-0.15, -0.1) is 0 Å². The van der Waals surface area contributed by atoms with E-state index in [0.717, 1.165) is 5.56 Å². The highest BCUT2D eigenvalue weighted by atomic mass is 16.5. The fourth-order valence-electron chi connectivity index (χ4n) is 1.58. The van der Waals surface area contributed by atoms with Gasteiger partial charge in [-0.1, -0.05) is 12.1 Å². The summed E-state index contributed by atoms with van der Waals surface area (Å²) in [7, 11) is 0. The molecule has 1 unspecified atom stereocenters. The minimum Gasteiger partial charge on any atom is -0.460 e. The lowest BCUT2D eigenvalue weighted by atomic mass is 9.98. The minimum absolute atomic E-state index is 0.160. The van der Waals surface area contributed by atoms with E-state index in [0.29, 0.717) is 6.47 Å². The fraction of sp³-hybridized carbons (Fsp3) is 0.417. The van der Waals surface area contributed by atoms with E-state index < -0.39 is 0 Å². The van der Waals surface area contributed by atoms with Gasteiger partial charge in [0.2, 0.25) is 0 Å². The van der Waals surface area contributed by atoms with Crippen molar-refractivity contribution in [3.63, 3.8) is 0 Å². The number of ether oxygens (including phenoxy) is 1. The maximum Gasteiger partial charge on any atom is 0.293 e. The molecule has 0 heterocycles. The van der Waals surface area contributed by atoms with Crippen LogP contribution in [0.4, 0.5) is 0 Å². The van der Waals surface area contributed by atoms with Gasteiger partial charge in [-0.2, -0.15) is 0 Å². The lowest BCUT2D eigenvalue weighted by Gasteiger charge is -2.15. The Kier molecular flexibility index (Phi) is 3.28. The molecule has 0 aliphatic heterocycles. The van der Waals surface area contributed by atoms with Crippen LogP contribution in [0.2, 0.25) is 0 Å². The zero-order valence-electron chi connectivity index (χ0n) is 9.13. The van der Waals surface area contributed by atoms with E-state index in [-0.39, 0.29) is 6.10 Å². The summed E-state index contributed by atoms with van der Waals surface area (Å²) < 4.78 is 4.92. The van der Waals surface area contributed by atoms with Crippen molar-refractivity contribution in [3.8, 4) is 0 Å². The van der Waals surface area contributed by atoms with Crippen molar-refractivity contribution < 1.29 is 9.53 Å². The molecule has 0 fully saturated rings. The Balaban J connectivity index is 3.08. The summed E-state index contributed by atoms with van der Waals surface area (Å²) in [4.78, 5) is 10.2. The maximum atomic E-state index is 10.2. The minimum atomic E-state index is -0.160. The molecule has 0 saturated carbocycles. The molecule has 0 aromatic heterocycles. The number of rotatable bonds is 3. The lowest BCUT2D eigenvalue weighted by Crippen LogP contribution is -2.02. The Morgan fingerprint density at radius 3 is 2.29 bits per heavy atom. The maximum absolute atomic E-state index is 10.2. The second-order valence-electron chi connectivity index (χ2n) is 3.67. The van der Waals surface area contributed by atoms with Gasteiger partial charge in [0.25, 0.3) is 6.47 Å². The average molecular weight is 192 g/mol. The van der Waals surface area contributed by atoms with Crippen LogP contribution in [0.3, 0.4) is 0 Å². The molecule has 0 spiro atoms. The van der Waals surface area contributed by atoms with E-state index in [1.54, 1.807) is 0 Å². The second kappa shape index (κ2) is 4.27. The number of carbonyl (C=O) groups excluding carboxylic acids is 1. The van der Waals surface area contributed by atoms with Crippen molar-refractivity contribution in [2.45, 2.75) is 33.8 Å². The zero-order chi connectivity index (χ0) is 10.7. The summed E-state index contributed by atoms with van der Waals surface area (Å²) in [6.45, 7) is 8.56. The molecule has 0 radical (unpaired) electrons. The summed E-state index contributed by atoms with van der Waals surface area (Å²) in [5.74, 6) is 0. The SMILES string of the molecule is Cc1cc(C)c(C(C)OC=O)cc1C. The van der Waals surface area contributed by atoms with Crippen molar-refractivity contribution in [3.05, 3.63) is 34.4 Å². The Hall–Kier alpha value is -1.31. The Morgan fingerprint density at radius 1 is 1.14 bits per heavy atom. The molecule has 76 valence electrons. The van der Waals surface area contributed by atoms with E-state index in [1.165, 1.54) is 16.7 Å². The number of hydrogen-bond acceptors (Lipinski definition) is 2. The third-order valence-corrected chi connectivity index (χ3v) is 2.58. The van der Waals surface area contributed by atoms with Crippen LogP contribution >= 0.6 is 0 Å². The third-order valence-electron chi connectivity index (χ3n) is 2.58. The molecule has 14 heavy (non-hydrogen) atoms. The lowest BCUT2D eigenvalue weighted by molar-refractivity contribution is -0.133. The molecule has 1 atom stereocenters. The standard InChI is InChI=1S/C12H16O2/c1-8-5-10(3)12(6-9(8)2)11(4)14-7-13/h5-7,11H,1-4H3. The van der Waals surface area contributed by atoms with Crippen LogP contribution in [0.1, 0.15) is 35.3 Å². The quantitative estimate of drug-likeness (QED) is 0.688. The average Bonchev–Trinajstić information content (AvgIpc) is 2.11. The van der Waals surface area contributed by atoms with Gasteiger partial charge in [0.05, 0.1) is 0 Å². The van der Waals surface area contributed by atoms with E-state index in [4.69, 9.17) is 4.74 Å². The van der Waals surface area contributed by atoms with Crippen LogP contribution in [-0.4, -0.2) is 6.47 Å². The van der Waals surface area contributed by atoms with E-state index in [2.05, 4.69) is 26.0 Å². The highest BCUT2D eigenvalue weighted by molar-refractivity contribution is 5.41. The highest BCUT2D eigenvalue weighted by Crippen LogP contribution is 2.23. The Bertz CT molecular complexity index is 342. The predicted octanol–water partition coefficient (Wildman–Crippen LogP) is 2.85. The topological polar surface area (TPSA) is 26.3 Å². The summed E-state index contributed by atoms with van der Waals surface area (Å²) in [6, 6.07) is 4.20. The number of carbonyl (C=O) groups is 1. The van der Waals surface area contributed by atoms with Crippen molar-refractivity contribution in [1.82, 2.24) is 0 Å². The Labute approximate surface area is 84.9 Å². The predicted molar refractivity (Wildman–Crippen MR) is 56.2 cm³/mol. The van der Waals surface area contributed by atoms with Crippen LogP contribution in [0, 0.1) is 20.8 Å². The van der Waals surface area contributed by atoms with Gasteiger partial charge in [-0.05, 0) is 49.9 Å². The van der Waals surface area contributed by atoms with Gasteiger partial charge in [0.15, 0.2) is 0 Å². The number of hydrogen-bond donors (Lipinski definition) is 0. The van der Waals surface area contributed by atoms with Crippen LogP contribution in [-0.2, 0) is 9.53 Å². The van der Waals surface area contributed by atoms with Gasteiger partial charge in [0.1, 0.15) is 6.10 Å². The van der Waals surface area contributed by atoms with Crippen molar-refractivity contribution in [2.24, 2.45) is 0 Å². The molecule has 0 saturated heterocycles. The monoisotopic (exact) mass is 192 g/mol. The van der Waals surface area contributed by atoms with Gasteiger partial charge < -0.3 is 4.74 Å². The molecule has 0 N–H and O–H groups in total. The second-order valence-corrected chi connectivity index (χ2v) is 3.67. The summed E-state index contributed by atoms with van der Waals surface area (Å²) in [6.07, 6.45) is -0.160.